The molecule has 4 fully saturated rings. The second-order valence-corrected chi connectivity index (χ2v) is 12.2. The molecule has 1 unspecified atom stereocenters. The predicted octanol–water partition coefficient (Wildman–Crippen LogP) is 5.22. The van der Waals surface area contributed by atoms with Crippen LogP contribution in [-0.2, 0) is 4.79 Å². The van der Waals surface area contributed by atoms with Crippen molar-refractivity contribution in [2.24, 2.45) is 11.8 Å². The number of rotatable bonds is 6. The number of anilines is 1. The molecule has 2 saturated heterocycles. The first kappa shape index (κ1) is 24.9. The van der Waals surface area contributed by atoms with E-state index in [0.29, 0.717) is 30.9 Å². The molecule has 1 aromatic heterocycles. The molecular weight excluding hydrogens is 464 g/mol. The number of aliphatic carboxylic acids is 1. The van der Waals surface area contributed by atoms with Crippen LogP contribution in [-0.4, -0.2) is 56.7 Å². The van der Waals surface area contributed by atoms with Crippen LogP contribution in [0, 0.1) is 11.8 Å². The van der Waals surface area contributed by atoms with Crippen molar-refractivity contribution in [2.45, 2.75) is 108 Å². The number of likely N-dealkylation sites (tertiary alicyclic amines) is 1. The molecule has 2 bridgehead atoms. The van der Waals surface area contributed by atoms with Crippen molar-refractivity contribution in [1.29, 1.82) is 0 Å². The molecule has 6 rings (SSSR count). The number of para-hydroxylation sites is 2. The van der Waals surface area contributed by atoms with E-state index in [1.165, 1.54) is 51.4 Å². The Morgan fingerprint density at radius 3 is 2.41 bits per heavy atom. The van der Waals surface area contributed by atoms with Gasteiger partial charge in [0.15, 0.2) is 5.82 Å². The largest absolute Gasteiger partial charge is 0.480 e. The minimum atomic E-state index is -0.878. The molecule has 1 aromatic carbocycles. The van der Waals surface area contributed by atoms with Crippen LogP contribution in [0.5, 0.6) is 0 Å². The minimum absolute atomic E-state index is 0.113. The number of benzene rings is 1. The second-order valence-electron chi connectivity index (χ2n) is 12.2. The number of carboxylic acid groups (broad SMARTS) is 1. The van der Waals surface area contributed by atoms with Crippen molar-refractivity contribution in [2.75, 3.05) is 18.0 Å². The van der Waals surface area contributed by atoms with Crippen molar-refractivity contribution < 1.29 is 9.90 Å². The van der Waals surface area contributed by atoms with Crippen LogP contribution in [0.1, 0.15) is 90.0 Å². The van der Waals surface area contributed by atoms with Gasteiger partial charge in [0.1, 0.15) is 6.04 Å². The van der Waals surface area contributed by atoms with E-state index in [0.717, 1.165) is 48.7 Å². The lowest BCUT2D eigenvalue weighted by molar-refractivity contribution is -0.140. The molecule has 7 nitrogen and oxygen atoms in total. The van der Waals surface area contributed by atoms with Gasteiger partial charge in [-0.25, -0.2) is 9.78 Å². The summed E-state index contributed by atoms with van der Waals surface area (Å²) in [7, 11) is 0. The molecular formula is C30H42N4O3. The van der Waals surface area contributed by atoms with Crippen LogP contribution < -0.4 is 10.5 Å². The molecule has 1 N–H and O–H groups in total. The summed E-state index contributed by atoms with van der Waals surface area (Å²) in [6.45, 7) is 3.89. The first-order valence-electron chi connectivity index (χ1n) is 14.8. The van der Waals surface area contributed by atoms with Crippen molar-refractivity contribution in [1.82, 2.24) is 14.5 Å². The fourth-order valence-corrected chi connectivity index (χ4v) is 8.11. The highest BCUT2D eigenvalue weighted by molar-refractivity contribution is 5.81. The van der Waals surface area contributed by atoms with Gasteiger partial charge in [-0.05, 0) is 68.9 Å². The Hall–Kier alpha value is -2.41. The molecule has 2 aliphatic heterocycles. The molecule has 0 amide bonds. The van der Waals surface area contributed by atoms with Crippen molar-refractivity contribution in [3.05, 3.63) is 34.6 Å². The van der Waals surface area contributed by atoms with Gasteiger partial charge >= 0.3 is 5.97 Å². The Labute approximate surface area is 219 Å². The van der Waals surface area contributed by atoms with E-state index in [2.05, 4.69) is 16.8 Å². The lowest BCUT2D eigenvalue weighted by Crippen LogP contribution is -2.55. The summed E-state index contributed by atoms with van der Waals surface area (Å²) in [6.07, 6.45) is 14.6. The Morgan fingerprint density at radius 1 is 0.973 bits per heavy atom. The highest BCUT2D eigenvalue weighted by Crippen LogP contribution is 2.43. The van der Waals surface area contributed by atoms with Crippen LogP contribution >= 0.6 is 0 Å². The lowest BCUT2D eigenvalue weighted by atomic mass is 9.76. The molecule has 2 saturated carbocycles. The third kappa shape index (κ3) is 4.68. The summed E-state index contributed by atoms with van der Waals surface area (Å²) in [4.78, 5) is 34.9. The minimum Gasteiger partial charge on any atom is -0.480 e. The Bertz CT molecular complexity index is 1180. The van der Waals surface area contributed by atoms with Crippen LogP contribution in [0.2, 0.25) is 0 Å². The van der Waals surface area contributed by atoms with Crippen LogP contribution in [0.3, 0.4) is 0 Å². The van der Waals surface area contributed by atoms with Gasteiger partial charge in [-0.2, -0.15) is 0 Å². The molecule has 2 aliphatic carbocycles. The van der Waals surface area contributed by atoms with Gasteiger partial charge in [0.05, 0.1) is 11.0 Å². The van der Waals surface area contributed by atoms with Crippen LogP contribution in [0.25, 0.3) is 11.0 Å². The van der Waals surface area contributed by atoms with E-state index in [1.54, 1.807) is 4.90 Å². The van der Waals surface area contributed by atoms with Crippen molar-refractivity contribution in [3.8, 4) is 0 Å². The van der Waals surface area contributed by atoms with E-state index in [4.69, 9.17) is 0 Å². The topological polar surface area (TPSA) is 78.7 Å². The maximum Gasteiger partial charge on any atom is 0.326 e. The van der Waals surface area contributed by atoms with Gasteiger partial charge in [-0.15, -0.1) is 0 Å². The van der Waals surface area contributed by atoms with Gasteiger partial charge in [0.25, 0.3) is 5.56 Å². The molecule has 7 heteroatoms. The number of fused-ring (bicyclic) bond motifs is 3. The summed E-state index contributed by atoms with van der Waals surface area (Å²) in [5.74, 6) is 1.23. The van der Waals surface area contributed by atoms with E-state index in [9.17, 15) is 14.7 Å². The molecule has 200 valence electrons. The maximum absolute atomic E-state index is 14.0. The van der Waals surface area contributed by atoms with E-state index >= 15 is 0 Å². The average Bonchev–Trinajstić information content (AvgIpc) is 3.03. The first-order valence-corrected chi connectivity index (χ1v) is 14.8. The smallest absolute Gasteiger partial charge is 0.326 e. The van der Waals surface area contributed by atoms with Gasteiger partial charge in [-0.1, -0.05) is 51.2 Å². The number of carbonyl (C=O) groups is 1. The Balaban J connectivity index is 1.31. The summed E-state index contributed by atoms with van der Waals surface area (Å²) in [6, 6.07) is 8.53. The molecule has 37 heavy (non-hydrogen) atoms. The Kier molecular flexibility index (Phi) is 6.99. The lowest BCUT2D eigenvalue weighted by Gasteiger charge is -2.48. The normalized spacial score (nSPS) is 32.6. The number of hydrogen-bond donors (Lipinski definition) is 1. The molecule has 0 spiro atoms. The maximum atomic E-state index is 14.0. The number of piperidine rings is 1. The fourth-order valence-electron chi connectivity index (χ4n) is 8.11. The number of aromatic nitrogens is 2. The third-order valence-electron chi connectivity index (χ3n) is 9.90. The molecule has 6 atom stereocenters. The summed E-state index contributed by atoms with van der Waals surface area (Å²) < 4.78 is 1.98. The molecule has 4 aliphatic rings. The van der Waals surface area contributed by atoms with E-state index in [1.807, 2.05) is 28.8 Å². The van der Waals surface area contributed by atoms with Crippen molar-refractivity contribution >= 4 is 22.8 Å². The molecule has 0 radical (unpaired) electrons. The van der Waals surface area contributed by atoms with Crippen LogP contribution in [0.15, 0.2) is 29.1 Å². The predicted molar refractivity (Wildman–Crippen MR) is 146 cm³/mol. The van der Waals surface area contributed by atoms with Gasteiger partial charge < -0.3 is 14.6 Å². The third-order valence-corrected chi connectivity index (χ3v) is 9.90. The fraction of sp³-hybridized carbons (Fsp3) is 0.700. The van der Waals surface area contributed by atoms with Gasteiger partial charge in [-0.3, -0.25) is 9.69 Å². The number of hydrogen-bond acceptors (Lipinski definition) is 5. The van der Waals surface area contributed by atoms with Crippen molar-refractivity contribution in [3.63, 3.8) is 0 Å². The number of carboxylic acids is 1. The zero-order chi connectivity index (χ0) is 25.5. The van der Waals surface area contributed by atoms with E-state index in [-0.39, 0.29) is 11.6 Å². The standard InChI is InChI=1S/C30H42N4O3/c1-2-7-22-19-23(12-14-32(22)24-17-20-8-3-4-9-21(16-20)18-24)34-26-11-6-5-10-25(26)31-28(29(34)35)33-15-13-27(33)30(36)37/h5-6,10-11,20-24,27H,2-4,7-9,12-19H2,1H3,(H,36,37)/t20-,21+,22-,23-,24?,27+/m1/s1. The highest BCUT2D eigenvalue weighted by Gasteiger charge is 2.41. The Morgan fingerprint density at radius 2 is 1.73 bits per heavy atom. The molecule has 2 aromatic rings. The van der Waals surface area contributed by atoms with Gasteiger partial charge in [0.2, 0.25) is 0 Å². The zero-order valence-electron chi connectivity index (χ0n) is 22.2. The first-order chi connectivity index (χ1) is 18.0. The second kappa shape index (κ2) is 10.4. The van der Waals surface area contributed by atoms with E-state index < -0.39 is 12.0 Å². The SMILES string of the molecule is CCC[C@@H]1C[C@H](n2c(=O)c(N3CC[C@H]3C(=O)O)nc3ccccc32)CCN1C1C[C@H]2CCCC[C@@H](C1)C2. The summed E-state index contributed by atoms with van der Waals surface area (Å²) >= 11 is 0. The quantitative estimate of drug-likeness (QED) is 0.578. The zero-order valence-corrected chi connectivity index (χ0v) is 22.2. The van der Waals surface area contributed by atoms with Crippen LogP contribution in [0.4, 0.5) is 5.82 Å². The summed E-state index contributed by atoms with van der Waals surface area (Å²) in [5.41, 5.74) is 1.53. The van der Waals surface area contributed by atoms with Gasteiger partial charge in [0, 0.05) is 31.2 Å². The average molecular weight is 507 g/mol. The number of nitrogens with zero attached hydrogens (tertiary/aromatic N) is 4. The molecule has 3 heterocycles. The highest BCUT2D eigenvalue weighted by atomic mass is 16.4. The monoisotopic (exact) mass is 506 g/mol. The summed E-state index contributed by atoms with van der Waals surface area (Å²) in [5, 5.41) is 9.63.